The Hall–Kier alpha value is -1.35. The van der Waals surface area contributed by atoms with Gasteiger partial charge in [0.1, 0.15) is 17.7 Å². The summed E-state index contributed by atoms with van der Waals surface area (Å²) >= 11 is 0. The number of hydrogen-bond acceptors (Lipinski definition) is 2. The largest absolute Gasteiger partial charge is 0.486 e. The molecule has 1 N–H and O–H groups in total. The van der Waals surface area contributed by atoms with E-state index in [1.807, 2.05) is 6.92 Å². The molecule has 15 heavy (non-hydrogen) atoms. The van der Waals surface area contributed by atoms with Gasteiger partial charge in [0, 0.05) is 5.56 Å². The maximum atomic E-state index is 12.9. The van der Waals surface area contributed by atoms with Gasteiger partial charge in [0.25, 0.3) is 0 Å². The highest BCUT2D eigenvalue weighted by atomic mass is 19.1. The Morgan fingerprint density at radius 2 is 2.13 bits per heavy atom. The first kappa shape index (κ1) is 11.7. The molecule has 0 spiro atoms. The van der Waals surface area contributed by atoms with Crippen LogP contribution in [0.15, 0.2) is 30.9 Å². The van der Waals surface area contributed by atoms with Crippen molar-refractivity contribution >= 4 is 0 Å². The first-order valence-electron chi connectivity index (χ1n) is 4.81. The minimum atomic E-state index is -0.757. The Morgan fingerprint density at radius 1 is 1.47 bits per heavy atom. The van der Waals surface area contributed by atoms with Crippen molar-refractivity contribution in [3.05, 3.63) is 42.2 Å². The van der Waals surface area contributed by atoms with E-state index in [0.717, 1.165) is 0 Å². The van der Waals surface area contributed by atoms with Crippen molar-refractivity contribution in [2.45, 2.75) is 26.1 Å². The average molecular weight is 210 g/mol. The highest BCUT2D eigenvalue weighted by Crippen LogP contribution is 2.26. The summed E-state index contributed by atoms with van der Waals surface area (Å²) in [6.07, 6.45) is 0.704. The molecule has 0 radical (unpaired) electrons. The highest BCUT2D eigenvalue weighted by molar-refractivity contribution is 5.35. The summed E-state index contributed by atoms with van der Waals surface area (Å²) in [7, 11) is 0. The van der Waals surface area contributed by atoms with Gasteiger partial charge < -0.3 is 9.84 Å². The summed E-state index contributed by atoms with van der Waals surface area (Å²) in [6, 6.07) is 4.09. The van der Waals surface area contributed by atoms with E-state index in [1.54, 1.807) is 13.0 Å². The zero-order valence-electron chi connectivity index (χ0n) is 8.90. The fourth-order valence-corrected chi connectivity index (χ4v) is 1.20. The predicted octanol–water partition coefficient (Wildman–Crippen LogP) is 2.83. The third-order valence-corrected chi connectivity index (χ3v) is 2.07. The highest BCUT2D eigenvalue weighted by Gasteiger charge is 2.11. The van der Waals surface area contributed by atoms with Gasteiger partial charge in [0.15, 0.2) is 0 Å². The molecule has 0 saturated carbocycles. The van der Waals surface area contributed by atoms with Crippen LogP contribution in [0.4, 0.5) is 4.39 Å². The molecule has 3 heteroatoms. The molecule has 82 valence electrons. The van der Waals surface area contributed by atoms with Crippen LogP contribution in [0.3, 0.4) is 0 Å². The zero-order chi connectivity index (χ0) is 11.4. The molecule has 0 bridgehead atoms. The van der Waals surface area contributed by atoms with Crippen molar-refractivity contribution < 1.29 is 14.2 Å². The molecule has 0 saturated heterocycles. The van der Waals surface area contributed by atoms with E-state index in [-0.39, 0.29) is 11.9 Å². The second-order valence-electron chi connectivity index (χ2n) is 3.42. The zero-order valence-corrected chi connectivity index (χ0v) is 8.90. The van der Waals surface area contributed by atoms with Gasteiger partial charge in [0.05, 0.1) is 6.10 Å². The van der Waals surface area contributed by atoms with Gasteiger partial charge in [-0.1, -0.05) is 12.7 Å². The van der Waals surface area contributed by atoms with Crippen molar-refractivity contribution in [3.63, 3.8) is 0 Å². The quantitative estimate of drug-likeness (QED) is 0.774. The van der Waals surface area contributed by atoms with E-state index in [9.17, 15) is 9.50 Å². The molecular weight excluding hydrogens is 195 g/mol. The normalized spacial score (nSPS) is 14.4. The molecular formula is C12H15FO2. The summed E-state index contributed by atoms with van der Waals surface area (Å²) in [5.74, 6) is 0.100. The molecule has 0 aliphatic rings. The first-order chi connectivity index (χ1) is 7.04. The molecule has 0 aliphatic heterocycles. The first-order valence-corrected chi connectivity index (χ1v) is 4.81. The molecule has 0 heterocycles. The van der Waals surface area contributed by atoms with Crippen molar-refractivity contribution in [1.29, 1.82) is 0 Å². The van der Waals surface area contributed by atoms with E-state index < -0.39 is 6.10 Å². The van der Waals surface area contributed by atoms with Gasteiger partial charge in [-0.05, 0) is 32.0 Å². The van der Waals surface area contributed by atoms with Gasteiger partial charge in [0.2, 0.25) is 0 Å². The number of benzene rings is 1. The van der Waals surface area contributed by atoms with Crippen molar-refractivity contribution in [1.82, 2.24) is 0 Å². The topological polar surface area (TPSA) is 29.5 Å². The van der Waals surface area contributed by atoms with Crippen LogP contribution in [0.5, 0.6) is 5.75 Å². The molecule has 1 aromatic rings. The molecule has 0 amide bonds. The SMILES string of the molecule is C=CC(C)Oc1ccc(F)cc1[C@@H](C)O. The number of aliphatic hydroxyl groups is 1. The Balaban J connectivity index is 3.00. The van der Waals surface area contributed by atoms with Crippen LogP contribution in [-0.2, 0) is 0 Å². The van der Waals surface area contributed by atoms with Crippen LogP contribution in [0.25, 0.3) is 0 Å². The molecule has 2 nitrogen and oxygen atoms in total. The summed E-state index contributed by atoms with van der Waals surface area (Å²) in [5, 5.41) is 9.44. The number of rotatable bonds is 4. The summed E-state index contributed by atoms with van der Waals surface area (Å²) in [6.45, 7) is 6.98. The summed E-state index contributed by atoms with van der Waals surface area (Å²) in [4.78, 5) is 0. The fourth-order valence-electron chi connectivity index (χ4n) is 1.20. The van der Waals surface area contributed by atoms with Crippen LogP contribution >= 0.6 is 0 Å². The molecule has 2 atom stereocenters. The van der Waals surface area contributed by atoms with E-state index in [4.69, 9.17) is 4.74 Å². The van der Waals surface area contributed by atoms with E-state index >= 15 is 0 Å². The molecule has 0 aromatic heterocycles. The number of hydrogen-bond donors (Lipinski definition) is 1. The standard InChI is InChI=1S/C12H15FO2/c1-4-8(2)15-12-6-5-10(13)7-11(12)9(3)14/h4-9,14H,1H2,2-3H3/t8?,9-/m1/s1. The van der Waals surface area contributed by atoms with Gasteiger partial charge in [-0.3, -0.25) is 0 Å². The maximum Gasteiger partial charge on any atom is 0.126 e. The van der Waals surface area contributed by atoms with Gasteiger partial charge >= 0.3 is 0 Å². The fraction of sp³-hybridized carbons (Fsp3) is 0.333. The van der Waals surface area contributed by atoms with E-state index in [1.165, 1.54) is 18.2 Å². The minimum Gasteiger partial charge on any atom is -0.486 e. The maximum absolute atomic E-state index is 12.9. The lowest BCUT2D eigenvalue weighted by Crippen LogP contribution is -2.10. The third kappa shape index (κ3) is 3.06. The molecule has 0 aliphatic carbocycles. The Kier molecular flexibility index (Phi) is 3.86. The number of ether oxygens (including phenoxy) is 1. The average Bonchev–Trinajstić information content (AvgIpc) is 2.20. The van der Waals surface area contributed by atoms with Gasteiger partial charge in [-0.2, -0.15) is 0 Å². The van der Waals surface area contributed by atoms with Crippen LogP contribution in [0.1, 0.15) is 25.5 Å². The van der Waals surface area contributed by atoms with Gasteiger partial charge in [-0.25, -0.2) is 4.39 Å². The van der Waals surface area contributed by atoms with Crippen molar-refractivity contribution in [2.75, 3.05) is 0 Å². The Labute approximate surface area is 89.0 Å². The van der Waals surface area contributed by atoms with Crippen LogP contribution in [0.2, 0.25) is 0 Å². The molecule has 1 aromatic carbocycles. The monoisotopic (exact) mass is 210 g/mol. The molecule has 0 fully saturated rings. The lowest BCUT2D eigenvalue weighted by atomic mass is 10.1. The molecule has 1 unspecified atom stereocenters. The number of aliphatic hydroxyl groups excluding tert-OH is 1. The van der Waals surface area contributed by atoms with Crippen LogP contribution in [-0.4, -0.2) is 11.2 Å². The van der Waals surface area contributed by atoms with Crippen molar-refractivity contribution in [3.8, 4) is 5.75 Å². The summed E-state index contributed by atoms with van der Waals surface area (Å²) in [5.41, 5.74) is 0.448. The minimum absolute atomic E-state index is 0.173. The van der Waals surface area contributed by atoms with Crippen molar-refractivity contribution in [2.24, 2.45) is 0 Å². The second kappa shape index (κ2) is 4.94. The lowest BCUT2D eigenvalue weighted by Gasteiger charge is -2.16. The van der Waals surface area contributed by atoms with E-state index in [0.29, 0.717) is 11.3 Å². The second-order valence-corrected chi connectivity index (χ2v) is 3.42. The Bertz CT molecular complexity index is 347. The van der Waals surface area contributed by atoms with Gasteiger partial charge in [-0.15, -0.1) is 0 Å². The predicted molar refractivity (Wildman–Crippen MR) is 57.3 cm³/mol. The van der Waals surface area contributed by atoms with Crippen LogP contribution < -0.4 is 4.74 Å². The smallest absolute Gasteiger partial charge is 0.126 e. The van der Waals surface area contributed by atoms with Crippen LogP contribution in [0, 0.1) is 5.82 Å². The third-order valence-electron chi connectivity index (χ3n) is 2.07. The number of halogens is 1. The summed E-state index contributed by atoms with van der Waals surface area (Å²) < 4.78 is 18.4. The Morgan fingerprint density at radius 3 is 2.67 bits per heavy atom. The van der Waals surface area contributed by atoms with E-state index in [2.05, 4.69) is 6.58 Å². The lowest BCUT2D eigenvalue weighted by molar-refractivity contribution is 0.186. The molecule has 1 rings (SSSR count).